The molecule has 1 amide bonds. The number of aromatic nitrogens is 2. The Morgan fingerprint density at radius 1 is 1.35 bits per heavy atom. The molecule has 2 aromatic heterocycles. The minimum Gasteiger partial charge on any atom is -0.328 e. The maximum Gasteiger partial charge on any atom is 0.265 e. The summed E-state index contributed by atoms with van der Waals surface area (Å²) >= 11 is 1.47. The van der Waals surface area contributed by atoms with Gasteiger partial charge in [0.1, 0.15) is 5.82 Å². The van der Waals surface area contributed by atoms with E-state index in [2.05, 4.69) is 20.9 Å². The summed E-state index contributed by atoms with van der Waals surface area (Å²) in [6.45, 7) is 3.02. The van der Waals surface area contributed by atoms with Gasteiger partial charge in [0.2, 0.25) is 0 Å². The van der Waals surface area contributed by atoms with Crippen molar-refractivity contribution in [1.29, 1.82) is 0 Å². The first-order valence-corrected chi connectivity index (χ1v) is 8.60. The van der Waals surface area contributed by atoms with Crippen LogP contribution in [0.5, 0.6) is 0 Å². The van der Waals surface area contributed by atoms with Crippen molar-refractivity contribution in [2.75, 3.05) is 5.32 Å². The number of nitrogens with zero attached hydrogens (tertiary/aromatic N) is 2. The number of imidazole rings is 1. The quantitative estimate of drug-likeness (QED) is 0.788. The van der Waals surface area contributed by atoms with E-state index in [-0.39, 0.29) is 5.91 Å². The van der Waals surface area contributed by atoms with E-state index in [4.69, 9.17) is 0 Å². The summed E-state index contributed by atoms with van der Waals surface area (Å²) in [5.41, 5.74) is 4.14. The number of thiophene rings is 1. The van der Waals surface area contributed by atoms with Gasteiger partial charge in [-0.2, -0.15) is 0 Å². The Morgan fingerprint density at radius 2 is 2.26 bits per heavy atom. The number of carbonyl (C=O) groups is 1. The van der Waals surface area contributed by atoms with E-state index in [0.717, 1.165) is 52.6 Å². The minimum atomic E-state index is -0.0567. The van der Waals surface area contributed by atoms with Crippen molar-refractivity contribution in [1.82, 2.24) is 9.55 Å². The van der Waals surface area contributed by atoms with E-state index in [0.29, 0.717) is 0 Å². The van der Waals surface area contributed by atoms with Gasteiger partial charge in [0.15, 0.2) is 0 Å². The number of fused-ring (bicyclic) bond motifs is 1. The Bertz CT molecular complexity index is 878. The van der Waals surface area contributed by atoms with Crippen molar-refractivity contribution in [3.05, 3.63) is 58.2 Å². The van der Waals surface area contributed by atoms with E-state index in [1.165, 1.54) is 11.3 Å². The minimum absolute atomic E-state index is 0.0567. The first-order chi connectivity index (χ1) is 11.2. The lowest BCUT2D eigenvalue weighted by Crippen LogP contribution is -2.10. The van der Waals surface area contributed by atoms with E-state index in [9.17, 15) is 4.79 Å². The number of amides is 1. The van der Waals surface area contributed by atoms with Crippen LogP contribution in [0.4, 0.5) is 5.69 Å². The first-order valence-electron chi connectivity index (χ1n) is 7.72. The Kier molecular flexibility index (Phi) is 3.50. The molecule has 5 heteroatoms. The van der Waals surface area contributed by atoms with Crippen LogP contribution >= 0.6 is 11.3 Å². The molecule has 0 fully saturated rings. The molecule has 0 aliphatic carbocycles. The molecule has 3 heterocycles. The van der Waals surface area contributed by atoms with Crippen molar-refractivity contribution in [2.24, 2.45) is 0 Å². The molecule has 23 heavy (non-hydrogen) atoms. The van der Waals surface area contributed by atoms with Gasteiger partial charge in [0, 0.05) is 24.2 Å². The number of rotatable bonds is 3. The predicted octanol–water partition coefficient (Wildman–Crippen LogP) is 4.12. The maximum absolute atomic E-state index is 12.3. The first kappa shape index (κ1) is 14.2. The van der Waals surface area contributed by atoms with Crippen LogP contribution in [0.25, 0.3) is 11.3 Å². The second-order valence-electron chi connectivity index (χ2n) is 5.84. The van der Waals surface area contributed by atoms with Gasteiger partial charge in [-0.3, -0.25) is 4.79 Å². The van der Waals surface area contributed by atoms with Gasteiger partial charge < -0.3 is 9.88 Å². The lowest BCUT2D eigenvalue weighted by atomic mass is 10.1. The second kappa shape index (κ2) is 5.66. The summed E-state index contributed by atoms with van der Waals surface area (Å²) in [4.78, 5) is 17.5. The number of nitrogens with one attached hydrogen (secondary N) is 1. The average molecular weight is 323 g/mol. The standard InChI is InChI=1S/C18H17N3OS/c1-12-8-16(23-11-12)18(22)20-14-5-2-4-13(9-14)15-10-19-17-6-3-7-21(15)17/h2,4-5,8-11H,3,6-7H2,1H3,(H,20,22). The molecule has 1 aliphatic heterocycles. The monoisotopic (exact) mass is 323 g/mol. The fourth-order valence-corrected chi connectivity index (χ4v) is 3.78. The van der Waals surface area contributed by atoms with Crippen LogP contribution in [-0.2, 0) is 13.0 Å². The van der Waals surface area contributed by atoms with Gasteiger partial charge in [-0.05, 0) is 42.5 Å². The topological polar surface area (TPSA) is 46.9 Å². The van der Waals surface area contributed by atoms with E-state index < -0.39 is 0 Å². The molecule has 0 saturated carbocycles. The molecule has 0 atom stereocenters. The van der Waals surface area contributed by atoms with Crippen molar-refractivity contribution in [2.45, 2.75) is 26.3 Å². The Balaban J connectivity index is 1.60. The molecule has 0 radical (unpaired) electrons. The number of benzene rings is 1. The largest absolute Gasteiger partial charge is 0.328 e. The Labute approximate surface area is 138 Å². The molecule has 116 valence electrons. The summed E-state index contributed by atoms with van der Waals surface area (Å²) in [5.74, 6) is 1.10. The second-order valence-corrected chi connectivity index (χ2v) is 6.75. The highest BCUT2D eigenvalue weighted by molar-refractivity contribution is 7.12. The summed E-state index contributed by atoms with van der Waals surface area (Å²) in [6, 6.07) is 9.88. The average Bonchev–Trinajstić information content (AvgIpc) is 3.23. The summed E-state index contributed by atoms with van der Waals surface area (Å²) in [6.07, 6.45) is 4.14. The lowest BCUT2D eigenvalue weighted by Gasteiger charge is -2.08. The van der Waals surface area contributed by atoms with Crippen LogP contribution in [0.2, 0.25) is 0 Å². The van der Waals surface area contributed by atoms with Gasteiger partial charge in [-0.25, -0.2) is 4.98 Å². The molecule has 0 bridgehead atoms. The third kappa shape index (κ3) is 2.68. The number of hydrogen-bond acceptors (Lipinski definition) is 3. The molecule has 4 rings (SSSR count). The zero-order valence-corrected chi connectivity index (χ0v) is 13.7. The molecule has 1 aliphatic rings. The number of carbonyl (C=O) groups excluding carboxylic acids is 1. The van der Waals surface area contributed by atoms with Crippen LogP contribution in [0.15, 0.2) is 41.9 Å². The van der Waals surface area contributed by atoms with E-state index >= 15 is 0 Å². The van der Waals surface area contributed by atoms with Gasteiger partial charge in [-0.15, -0.1) is 11.3 Å². The highest BCUT2D eigenvalue weighted by atomic mass is 32.1. The Hall–Kier alpha value is -2.40. The van der Waals surface area contributed by atoms with Crippen LogP contribution < -0.4 is 5.32 Å². The van der Waals surface area contributed by atoms with Crippen molar-refractivity contribution >= 4 is 22.9 Å². The van der Waals surface area contributed by atoms with Crippen LogP contribution in [0, 0.1) is 6.92 Å². The normalized spacial score (nSPS) is 13.1. The molecule has 0 saturated heterocycles. The van der Waals surface area contributed by atoms with Crippen molar-refractivity contribution in [3.63, 3.8) is 0 Å². The SMILES string of the molecule is Cc1csc(C(=O)Nc2cccc(-c3cnc4n3CCC4)c2)c1. The lowest BCUT2D eigenvalue weighted by molar-refractivity contribution is 0.103. The molecular formula is C18H17N3OS. The molecule has 1 N–H and O–H groups in total. The van der Waals surface area contributed by atoms with Crippen LogP contribution in [0.3, 0.4) is 0 Å². The van der Waals surface area contributed by atoms with Gasteiger partial charge in [0.25, 0.3) is 5.91 Å². The van der Waals surface area contributed by atoms with Gasteiger partial charge in [-0.1, -0.05) is 12.1 Å². The Morgan fingerprint density at radius 3 is 3.09 bits per heavy atom. The van der Waals surface area contributed by atoms with E-state index in [1.807, 2.05) is 42.8 Å². The van der Waals surface area contributed by atoms with Gasteiger partial charge in [0.05, 0.1) is 16.8 Å². The maximum atomic E-state index is 12.3. The molecule has 0 unspecified atom stereocenters. The van der Waals surface area contributed by atoms with Crippen molar-refractivity contribution in [3.8, 4) is 11.3 Å². The van der Waals surface area contributed by atoms with Crippen LogP contribution in [-0.4, -0.2) is 15.5 Å². The number of aryl methyl sites for hydroxylation is 2. The highest BCUT2D eigenvalue weighted by Gasteiger charge is 2.17. The molecule has 1 aromatic carbocycles. The summed E-state index contributed by atoms with van der Waals surface area (Å²) < 4.78 is 2.27. The third-order valence-electron chi connectivity index (χ3n) is 4.09. The zero-order valence-electron chi connectivity index (χ0n) is 12.9. The fourth-order valence-electron chi connectivity index (χ4n) is 2.99. The number of anilines is 1. The van der Waals surface area contributed by atoms with Gasteiger partial charge >= 0.3 is 0 Å². The zero-order chi connectivity index (χ0) is 15.8. The van der Waals surface area contributed by atoms with E-state index in [1.54, 1.807) is 0 Å². The molecule has 0 spiro atoms. The highest BCUT2D eigenvalue weighted by Crippen LogP contribution is 2.27. The fraction of sp³-hybridized carbons (Fsp3) is 0.222. The number of hydrogen-bond donors (Lipinski definition) is 1. The van der Waals surface area contributed by atoms with Crippen LogP contribution in [0.1, 0.15) is 27.5 Å². The molecule has 3 aromatic rings. The summed E-state index contributed by atoms with van der Waals surface area (Å²) in [7, 11) is 0. The van der Waals surface area contributed by atoms with Crippen molar-refractivity contribution < 1.29 is 4.79 Å². The smallest absolute Gasteiger partial charge is 0.265 e. The predicted molar refractivity (Wildman–Crippen MR) is 93.0 cm³/mol. The third-order valence-corrected chi connectivity index (χ3v) is 5.14. The molecule has 4 nitrogen and oxygen atoms in total. The molecular weight excluding hydrogens is 306 g/mol. The summed E-state index contributed by atoms with van der Waals surface area (Å²) in [5, 5.41) is 4.97.